The molecular weight excluding hydrogens is 162 g/mol. The second kappa shape index (κ2) is 6.67. The summed E-state index contributed by atoms with van der Waals surface area (Å²) >= 11 is 0. The van der Waals surface area contributed by atoms with Crippen molar-refractivity contribution in [3.63, 3.8) is 0 Å². The summed E-state index contributed by atoms with van der Waals surface area (Å²) in [7, 11) is 1.15. The van der Waals surface area contributed by atoms with Crippen LogP contribution in [-0.4, -0.2) is 15.3 Å². The maximum absolute atomic E-state index is 3.64. The fraction of sp³-hybridized carbons (Fsp3) is 1.00. The molecule has 0 heterocycles. The molecule has 0 aromatic heterocycles. The van der Waals surface area contributed by atoms with E-state index in [-0.39, 0.29) is 0 Å². The topological polar surface area (TPSA) is 12.0 Å². The Hall–Kier alpha value is 0.177. The zero-order valence-electron chi connectivity index (χ0n) is 9.24. The van der Waals surface area contributed by atoms with E-state index in [2.05, 4.69) is 32.8 Å². The summed E-state index contributed by atoms with van der Waals surface area (Å²) in [4.78, 5) is 3.64. The molecule has 2 heteroatoms. The maximum atomic E-state index is 3.64. The maximum Gasteiger partial charge on any atom is 0.125 e. The van der Waals surface area contributed by atoms with E-state index in [0.29, 0.717) is 0 Å². The van der Waals surface area contributed by atoms with Crippen LogP contribution in [0.25, 0.3) is 0 Å². The molecule has 0 fully saturated rings. The Morgan fingerprint density at radius 1 is 1.00 bits per heavy atom. The molecule has 1 unspecified atom stereocenters. The van der Waals surface area contributed by atoms with Gasteiger partial charge in [-0.3, -0.25) is 0 Å². The van der Waals surface area contributed by atoms with Crippen LogP contribution < -0.4 is 4.98 Å². The highest BCUT2D eigenvalue weighted by Gasteiger charge is 2.26. The first kappa shape index (κ1) is 12.2. The lowest BCUT2D eigenvalue weighted by Gasteiger charge is -2.29. The lowest BCUT2D eigenvalue weighted by Crippen LogP contribution is -2.47. The highest BCUT2D eigenvalue weighted by atomic mass is 28.3. The Kier molecular flexibility index (Phi) is 6.77. The number of nitrogens with one attached hydrogen (secondary N) is 1. The molecule has 0 aliphatic carbocycles. The van der Waals surface area contributed by atoms with Crippen molar-refractivity contribution in [3.8, 4) is 0 Å². The minimum Gasteiger partial charge on any atom is -0.340 e. The van der Waals surface area contributed by atoms with Crippen LogP contribution in [0.2, 0.25) is 18.1 Å². The Morgan fingerprint density at radius 3 is 2.00 bits per heavy atom. The SMILES string of the molecule is CCCC[Si](CC)(CCC)NC. The van der Waals surface area contributed by atoms with Crippen LogP contribution in [-0.2, 0) is 0 Å². The monoisotopic (exact) mass is 187 g/mol. The quantitative estimate of drug-likeness (QED) is 0.603. The van der Waals surface area contributed by atoms with E-state index in [1.54, 1.807) is 0 Å². The first-order valence-electron chi connectivity index (χ1n) is 5.43. The van der Waals surface area contributed by atoms with E-state index in [0.717, 1.165) is 0 Å². The van der Waals surface area contributed by atoms with Crippen molar-refractivity contribution in [2.24, 2.45) is 0 Å². The van der Waals surface area contributed by atoms with Crippen LogP contribution in [0.1, 0.15) is 40.0 Å². The van der Waals surface area contributed by atoms with Crippen LogP contribution in [0.3, 0.4) is 0 Å². The van der Waals surface area contributed by atoms with Crippen LogP contribution in [0.5, 0.6) is 0 Å². The van der Waals surface area contributed by atoms with Crippen molar-refractivity contribution >= 4 is 8.24 Å². The predicted octanol–water partition coefficient (Wildman–Crippen LogP) is 3.38. The lowest BCUT2D eigenvalue weighted by molar-refractivity contribution is 0.827. The van der Waals surface area contributed by atoms with E-state index >= 15 is 0 Å². The molecule has 0 bridgehead atoms. The van der Waals surface area contributed by atoms with Gasteiger partial charge in [0.2, 0.25) is 0 Å². The molecule has 0 saturated carbocycles. The van der Waals surface area contributed by atoms with E-state index in [1.165, 1.54) is 37.4 Å². The van der Waals surface area contributed by atoms with Gasteiger partial charge in [0.1, 0.15) is 8.24 Å². The van der Waals surface area contributed by atoms with Gasteiger partial charge < -0.3 is 4.98 Å². The summed E-state index contributed by atoms with van der Waals surface area (Å²) < 4.78 is 0. The number of hydrogen-bond acceptors (Lipinski definition) is 1. The van der Waals surface area contributed by atoms with Gasteiger partial charge in [-0.1, -0.05) is 40.0 Å². The molecule has 0 radical (unpaired) electrons. The standard InChI is InChI=1S/C10H25NSi/c1-5-8-10-12(7-3,11-4)9-6-2/h11H,5-10H2,1-4H3. The summed E-state index contributed by atoms with van der Waals surface area (Å²) in [6.45, 7) is 6.95. The minimum absolute atomic E-state index is 1.01. The molecule has 0 aliphatic rings. The fourth-order valence-electron chi connectivity index (χ4n) is 1.90. The molecule has 12 heavy (non-hydrogen) atoms. The van der Waals surface area contributed by atoms with Crippen molar-refractivity contribution in [3.05, 3.63) is 0 Å². The molecule has 0 aromatic carbocycles. The Morgan fingerprint density at radius 2 is 1.67 bits per heavy atom. The molecule has 0 rings (SSSR count). The second-order valence-corrected chi connectivity index (χ2v) is 8.51. The van der Waals surface area contributed by atoms with E-state index in [4.69, 9.17) is 0 Å². The van der Waals surface area contributed by atoms with Crippen LogP contribution in [0, 0.1) is 0 Å². The Bertz CT molecular complexity index is 100. The van der Waals surface area contributed by atoms with Gasteiger partial charge in [0.15, 0.2) is 0 Å². The van der Waals surface area contributed by atoms with Crippen molar-refractivity contribution < 1.29 is 0 Å². The number of unbranched alkanes of at least 4 members (excludes halogenated alkanes) is 1. The third-order valence-electron chi connectivity index (χ3n) is 2.94. The van der Waals surface area contributed by atoms with Crippen LogP contribution in [0.15, 0.2) is 0 Å². The normalized spacial score (nSPS) is 16.0. The molecule has 0 aromatic rings. The van der Waals surface area contributed by atoms with E-state index in [1.807, 2.05) is 0 Å². The molecule has 1 N–H and O–H groups in total. The number of rotatable bonds is 7. The summed E-state index contributed by atoms with van der Waals surface area (Å²) in [5.41, 5.74) is 0. The van der Waals surface area contributed by atoms with Gasteiger partial charge in [-0.05, 0) is 25.2 Å². The molecule has 0 spiro atoms. The highest BCUT2D eigenvalue weighted by Crippen LogP contribution is 2.21. The van der Waals surface area contributed by atoms with Gasteiger partial charge in [-0.2, -0.15) is 0 Å². The molecule has 1 atom stereocenters. The van der Waals surface area contributed by atoms with Gasteiger partial charge in [0.05, 0.1) is 0 Å². The van der Waals surface area contributed by atoms with Crippen molar-refractivity contribution in [1.29, 1.82) is 0 Å². The Balaban J connectivity index is 3.95. The largest absolute Gasteiger partial charge is 0.340 e. The molecule has 0 amide bonds. The second-order valence-electron chi connectivity index (χ2n) is 3.74. The van der Waals surface area contributed by atoms with E-state index in [9.17, 15) is 0 Å². The predicted molar refractivity (Wildman–Crippen MR) is 60.1 cm³/mol. The van der Waals surface area contributed by atoms with Gasteiger partial charge in [-0.25, -0.2) is 0 Å². The zero-order valence-corrected chi connectivity index (χ0v) is 10.2. The van der Waals surface area contributed by atoms with Crippen LogP contribution >= 0.6 is 0 Å². The first-order valence-corrected chi connectivity index (χ1v) is 8.05. The lowest BCUT2D eigenvalue weighted by atomic mass is 10.4. The molecule has 74 valence electrons. The smallest absolute Gasteiger partial charge is 0.125 e. The Labute approximate surface area is 79.0 Å². The van der Waals surface area contributed by atoms with Crippen molar-refractivity contribution in [1.82, 2.24) is 4.98 Å². The summed E-state index contributed by atoms with van der Waals surface area (Å²) in [6.07, 6.45) is 4.12. The van der Waals surface area contributed by atoms with Gasteiger partial charge >= 0.3 is 0 Å². The summed E-state index contributed by atoms with van der Waals surface area (Å²) in [5, 5.41) is 0. The van der Waals surface area contributed by atoms with Gasteiger partial charge in [-0.15, -0.1) is 0 Å². The average molecular weight is 187 g/mol. The number of hydrogen-bond donors (Lipinski definition) is 1. The summed E-state index contributed by atoms with van der Waals surface area (Å²) in [6, 6.07) is 4.34. The third-order valence-corrected chi connectivity index (χ3v) is 8.13. The van der Waals surface area contributed by atoms with Gasteiger partial charge in [0.25, 0.3) is 0 Å². The molecule has 0 saturated heterocycles. The van der Waals surface area contributed by atoms with Gasteiger partial charge in [0, 0.05) is 0 Å². The zero-order chi connectivity index (χ0) is 9.45. The highest BCUT2D eigenvalue weighted by molar-refractivity contribution is 6.77. The first-order chi connectivity index (χ1) is 5.74. The minimum atomic E-state index is -1.01. The average Bonchev–Trinajstić information content (AvgIpc) is 2.13. The molecule has 1 nitrogen and oxygen atoms in total. The third kappa shape index (κ3) is 3.72. The van der Waals surface area contributed by atoms with Crippen molar-refractivity contribution in [2.45, 2.75) is 58.2 Å². The summed E-state index contributed by atoms with van der Waals surface area (Å²) in [5.74, 6) is 0. The fourth-order valence-corrected chi connectivity index (χ4v) is 5.70. The van der Waals surface area contributed by atoms with Crippen molar-refractivity contribution in [2.75, 3.05) is 7.05 Å². The molecular formula is C10H25NSi. The van der Waals surface area contributed by atoms with E-state index < -0.39 is 8.24 Å². The van der Waals surface area contributed by atoms with Crippen LogP contribution in [0.4, 0.5) is 0 Å². The molecule has 0 aliphatic heterocycles.